The number of amides is 1. The summed E-state index contributed by atoms with van der Waals surface area (Å²) in [6.45, 7) is 3.68. The smallest absolute Gasteiger partial charge is 0.235 e. The molecule has 1 unspecified atom stereocenters. The number of nitrogens with zero attached hydrogens (tertiary/aromatic N) is 1. The topological polar surface area (TPSA) is 66.5 Å². The molecule has 0 radical (unpaired) electrons. The molecule has 21 heavy (non-hydrogen) atoms. The minimum atomic E-state index is -3.50. The summed E-state index contributed by atoms with van der Waals surface area (Å²) in [5.41, 5.74) is 0.668. The van der Waals surface area contributed by atoms with E-state index in [1.807, 2.05) is 13.8 Å². The van der Waals surface area contributed by atoms with E-state index >= 15 is 0 Å². The summed E-state index contributed by atoms with van der Waals surface area (Å²) in [4.78, 5) is 11.9. The lowest BCUT2D eigenvalue weighted by molar-refractivity contribution is -0.122. The Kier molecular flexibility index (Phi) is 6.64. The first-order valence-corrected chi connectivity index (χ1v) is 8.94. The van der Waals surface area contributed by atoms with Gasteiger partial charge in [0.2, 0.25) is 15.9 Å². The number of hydrogen-bond acceptors (Lipinski definition) is 3. The van der Waals surface area contributed by atoms with Crippen molar-refractivity contribution >= 4 is 27.5 Å². The normalized spacial score (nSPS) is 13.2. The summed E-state index contributed by atoms with van der Waals surface area (Å²) >= 11 is 6.04. The zero-order valence-corrected chi connectivity index (χ0v) is 14.0. The molecule has 5 nitrogen and oxygen atoms in total. The van der Waals surface area contributed by atoms with Gasteiger partial charge in [-0.25, -0.2) is 8.42 Å². The molecule has 1 rings (SSSR count). The van der Waals surface area contributed by atoms with Gasteiger partial charge in [0.15, 0.2) is 0 Å². The molecule has 0 aromatic heterocycles. The van der Waals surface area contributed by atoms with Crippen LogP contribution in [0.2, 0.25) is 5.02 Å². The first-order valence-electron chi connectivity index (χ1n) is 6.72. The number of benzene rings is 1. The molecule has 0 fully saturated rings. The van der Waals surface area contributed by atoms with E-state index in [2.05, 4.69) is 5.32 Å². The molecule has 1 amide bonds. The number of hydrogen-bond donors (Lipinski definition) is 1. The van der Waals surface area contributed by atoms with Crippen molar-refractivity contribution in [3.8, 4) is 0 Å². The third-order valence-electron chi connectivity index (χ3n) is 3.11. The average molecular weight is 333 g/mol. The van der Waals surface area contributed by atoms with E-state index in [0.717, 1.165) is 17.0 Å². The maximum Gasteiger partial charge on any atom is 0.235 e. The van der Waals surface area contributed by atoms with E-state index in [4.69, 9.17) is 11.6 Å². The van der Waals surface area contributed by atoms with E-state index in [1.54, 1.807) is 24.3 Å². The lowest BCUT2D eigenvalue weighted by atomic mass is 10.2. The van der Waals surface area contributed by atoms with Crippen LogP contribution < -0.4 is 5.32 Å². The van der Waals surface area contributed by atoms with Gasteiger partial charge in [0.05, 0.1) is 12.8 Å². The molecule has 0 aliphatic rings. The summed E-state index contributed by atoms with van der Waals surface area (Å²) in [7, 11) is -3.50. The molecule has 7 heteroatoms. The maximum atomic E-state index is 11.9. The van der Waals surface area contributed by atoms with Gasteiger partial charge in [-0.1, -0.05) is 36.7 Å². The van der Waals surface area contributed by atoms with Gasteiger partial charge in [-0.15, -0.1) is 0 Å². The van der Waals surface area contributed by atoms with E-state index in [9.17, 15) is 13.2 Å². The quantitative estimate of drug-likeness (QED) is 0.830. The largest absolute Gasteiger partial charge is 0.353 e. The second kappa shape index (κ2) is 7.77. The van der Waals surface area contributed by atoms with Gasteiger partial charge < -0.3 is 5.32 Å². The van der Waals surface area contributed by atoms with Crippen molar-refractivity contribution in [2.45, 2.75) is 32.9 Å². The molecule has 0 spiro atoms. The van der Waals surface area contributed by atoms with E-state index in [-0.39, 0.29) is 25.0 Å². The van der Waals surface area contributed by atoms with Gasteiger partial charge >= 0.3 is 0 Å². The van der Waals surface area contributed by atoms with Crippen molar-refractivity contribution in [2.75, 3.05) is 12.8 Å². The van der Waals surface area contributed by atoms with Gasteiger partial charge in [-0.05, 0) is 25.0 Å². The Labute approximate surface area is 131 Å². The molecule has 0 heterocycles. The van der Waals surface area contributed by atoms with Crippen molar-refractivity contribution < 1.29 is 13.2 Å². The highest BCUT2D eigenvalue weighted by molar-refractivity contribution is 7.88. The van der Waals surface area contributed by atoms with Crippen LogP contribution in [-0.2, 0) is 21.4 Å². The number of nitrogens with one attached hydrogen (secondary N) is 1. The second-order valence-corrected chi connectivity index (χ2v) is 7.39. The highest BCUT2D eigenvalue weighted by Gasteiger charge is 2.21. The van der Waals surface area contributed by atoms with Gasteiger partial charge in [-0.3, -0.25) is 4.79 Å². The van der Waals surface area contributed by atoms with E-state index in [0.29, 0.717) is 10.6 Å². The van der Waals surface area contributed by atoms with Crippen molar-refractivity contribution in [2.24, 2.45) is 0 Å². The van der Waals surface area contributed by atoms with E-state index in [1.165, 1.54) is 0 Å². The zero-order chi connectivity index (χ0) is 16.0. The molecule has 118 valence electrons. The third kappa shape index (κ3) is 6.03. The zero-order valence-electron chi connectivity index (χ0n) is 12.5. The van der Waals surface area contributed by atoms with Crippen molar-refractivity contribution in [1.29, 1.82) is 0 Å². The predicted molar refractivity (Wildman–Crippen MR) is 84.6 cm³/mol. The summed E-state index contributed by atoms with van der Waals surface area (Å²) in [6.07, 6.45) is 1.87. The molecule has 0 aliphatic carbocycles. The molecule has 1 aromatic carbocycles. The lowest BCUT2D eigenvalue weighted by Gasteiger charge is -2.21. The molecule has 0 aliphatic heterocycles. The highest BCUT2D eigenvalue weighted by atomic mass is 35.5. The SMILES string of the molecule is CCC(C)NC(=O)CN(Cc1ccccc1Cl)S(C)(=O)=O. The van der Waals surface area contributed by atoms with Crippen LogP contribution in [-0.4, -0.2) is 37.5 Å². The number of sulfonamides is 1. The number of halogens is 1. The summed E-state index contributed by atoms with van der Waals surface area (Å²) in [6, 6.07) is 7.00. The van der Waals surface area contributed by atoms with Crippen LogP contribution in [0.5, 0.6) is 0 Å². The molecular formula is C14H21ClN2O3S. The Bertz CT molecular complexity index is 590. The van der Waals surface area contributed by atoms with Crippen LogP contribution >= 0.6 is 11.6 Å². The average Bonchev–Trinajstić information content (AvgIpc) is 2.39. The van der Waals surface area contributed by atoms with Crippen molar-refractivity contribution in [3.05, 3.63) is 34.9 Å². The van der Waals surface area contributed by atoms with Crippen LogP contribution in [0, 0.1) is 0 Å². The van der Waals surface area contributed by atoms with Gasteiger partial charge in [0.1, 0.15) is 0 Å². The van der Waals surface area contributed by atoms with Crippen molar-refractivity contribution in [1.82, 2.24) is 9.62 Å². The first kappa shape index (κ1) is 17.9. The Morgan fingerprint density at radius 2 is 2.00 bits per heavy atom. The summed E-state index contributed by atoms with van der Waals surface area (Å²) in [5, 5.41) is 3.23. The fourth-order valence-corrected chi connectivity index (χ4v) is 2.61. The number of carbonyl (C=O) groups is 1. The molecular weight excluding hydrogens is 312 g/mol. The van der Waals surface area contributed by atoms with Crippen LogP contribution in [0.1, 0.15) is 25.8 Å². The van der Waals surface area contributed by atoms with Crippen molar-refractivity contribution in [3.63, 3.8) is 0 Å². The maximum absolute atomic E-state index is 11.9. The van der Waals surface area contributed by atoms with Gasteiger partial charge in [0.25, 0.3) is 0 Å². The van der Waals surface area contributed by atoms with Crippen LogP contribution in [0.3, 0.4) is 0 Å². The molecule has 0 bridgehead atoms. The molecule has 1 aromatic rings. The molecule has 0 saturated heterocycles. The summed E-state index contributed by atoms with van der Waals surface area (Å²) < 4.78 is 24.8. The first-order chi connectivity index (χ1) is 9.74. The molecule has 0 saturated carbocycles. The molecule has 1 N–H and O–H groups in total. The number of carbonyl (C=O) groups excluding carboxylic acids is 1. The second-order valence-electron chi connectivity index (χ2n) is 5.00. The highest BCUT2D eigenvalue weighted by Crippen LogP contribution is 2.18. The van der Waals surface area contributed by atoms with Gasteiger partial charge in [-0.2, -0.15) is 4.31 Å². The Morgan fingerprint density at radius 3 is 2.52 bits per heavy atom. The Hall–Kier alpha value is -1.11. The minimum Gasteiger partial charge on any atom is -0.353 e. The standard InChI is InChI=1S/C14H21ClN2O3S/c1-4-11(2)16-14(18)10-17(21(3,19)20)9-12-7-5-6-8-13(12)15/h5-8,11H,4,9-10H2,1-3H3,(H,16,18). The predicted octanol–water partition coefficient (Wildman–Crippen LogP) is 2.02. The fourth-order valence-electron chi connectivity index (χ4n) is 1.69. The van der Waals surface area contributed by atoms with Crippen LogP contribution in [0.25, 0.3) is 0 Å². The van der Waals surface area contributed by atoms with E-state index < -0.39 is 10.0 Å². The van der Waals surface area contributed by atoms with Crippen LogP contribution in [0.4, 0.5) is 0 Å². The minimum absolute atomic E-state index is 0.0132. The number of rotatable bonds is 7. The lowest BCUT2D eigenvalue weighted by Crippen LogP contribution is -2.42. The van der Waals surface area contributed by atoms with Gasteiger partial charge in [0, 0.05) is 17.6 Å². The molecule has 1 atom stereocenters. The van der Waals surface area contributed by atoms with Crippen LogP contribution in [0.15, 0.2) is 24.3 Å². The fraction of sp³-hybridized carbons (Fsp3) is 0.500. The monoisotopic (exact) mass is 332 g/mol. The summed E-state index contributed by atoms with van der Waals surface area (Å²) in [5.74, 6) is -0.318. The third-order valence-corrected chi connectivity index (χ3v) is 4.68. The Balaban J connectivity index is 2.83. The Morgan fingerprint density at radius 1 is 1.38 bits per heavy atom.